The summed E-state index contributed by atoms with van der Waals surface area (Å²) in [6.07, 6.45) is 0. The van der Waals surface area contributed by atoms with Crippen molar-refractivity contribution in [3.05, 3.63) is 206 Å². The molecule has 0 atom stereocenters. The Labute approximate surface area is 319 Å². The van der Waals surface area contributed by atoms with E-state index < -0.39 is 0 Å². The van der Waals surface area contributed by atoms with E-state index in [1.54, 1.807) is 0 Å². The Balaban J connectivity index is 1.26. The zero-order valence-corrected chi connectivity index (χ0v) is 30.0. The van der Waals surface area contributed by atoms with Gasteiger partial charge in [-0.1, -0.05) is 182 Å². The number of hydrogen-bond acceptors (Lipinski definition) is 1. The SMILES string of the molecule is c1ccc(-c2ccc3c(-c4cccc(-c5ccc6oc7ccccc7c6c5)c4-c4c5ccccc5c(-c5ccccc5)c5ccccc45)cccc3c2)cc1. The molecule has 0 bridgehead atoms. The smallest absolute Gasteiger partial charge is 0.135 e. The lowest BCUT2D eigenvalue weighted by molar-refractivity contribution is 0.669. The van der Waals surface area contributed by atoms with Crippen molar-refractivity contribution in [1.29, 1.82) is 0 Å². The first-order valence-corrected chi connectivity index (χ1v) is 18.9. The topological polar surface area (TPSA) is 13.1 Å². The molecule has 11 aromatic rings. The molecule has 11 rings (SSSR count). The van der Waals surface area contributed by atoms with Crippen molar-refractivity contribution < 1.29 is 4.42 Å². The molecule has 0 aliphatic rings. The van der Waals surface area contributed by atoms with E-state index in [0.29, 0.717) is 0 Å². The second-order valence-corrected chi connectivity index (χ2v) is 14.4. The van der Waals surface area contributed by atoms with Crippen LogP contribution in [0.4, 0.5) is 0 Å². The first-order valence-electron chi connectivity index (χ1n) is 18.9. The second-order valence-electron chi connectivity index (χ2n) is 14.4. The number of para-hydroxylation sites is 1. The molecule has 0 spiro atoms. The third kappa shape index (κ3) is 5.09. The summed E-state index contributed by atoms with van der Waals surface area (Å²) in [6.45, 7) is 0. The third-order valence-corrected chi connectivity index (χ3v) is 11.3. The van der Waals surface area contributed by atoms with Crippen molar-refractivity contribution in [3.63, 3.8) is 0 Å². The molecule has 1 heterocycles. The summed E-state index contributed by atoms with van der Waals surface area (Å²) in [4.78, 5) is 0. The van der Waals surface area contributed by atoms with Gasteiger partial charge in [0, 0.05) is 10.8 Å². The average Bonchev–Trinajstić information content (AvgIpc) is 3.63. The van der Waals surface area contributed by atoms with Gasteiger partial charge in [0.25, 0.3) is 0 Å². The summed E-state index contributed by atoms with van der Waals surface area (Å²) in [7, 11) is 0. The third-order valence-electron chi connectivity index (χ3n) is 11.3. The quantitative estimate of drug-likeness (QED) is 0.163. The molecule has 256 valence electrons. The maximum absolute atomic E-state index is 6.31. The van der Waals surface area contributed by atoms with Gasteiger partial charge in [-0.05, 0) is 112 Å². The molecular formula is C54H34O. The molecule has 0 saturated carbocycles. The molecule has 0 amide bonds. The Bertz CT molecular complexity index is 3190. The Morgan fingerprint density at radius 1 is 0.236 bits per heavy atom. The molecule has 0 saturated heterocycles. The highest BCUT2D eigenvalue weighted by molar-refractivity contribution is 6.24. The molecule has 55 heavy (non-hydrogen) atoms. The van der Waals surface area contributed by atoms with E-state index in [-0.39, 0.29) is 0 Å². The van der Waals surface area contributed by atoms with Crippen LogP contribution in [0.2, 0.25) is 0 Å². The molecule has 0 aliphatic carbocycles. The van der Waals surface area contributed by atoms with Gasteiger partial charge >= 0.3 is 0 Å². The summed E-state index contributed by atoms with van der Waals surface area (Å²) >= 11 is 0. The fraction of sp³-hybridized carbons (Fsp3) is 0. The van der Waals surface area contributed by atoms with E-state index in [4.69, 9.17) is 4.42 Å². The van der Waals surface area contributed by atoms with E-state index in [2.05, 4.69) is 200 Å². The monoisotopic (exact) mass is 698 g/mol. The van der Waals surface area contributed by atoms with Gasteiger partial charge in [-0.3, -0.25) is 0 Å². The molecule has 0 radical (unpaired) electrons. The lowest BCUT2D eigenvalue weighted by atomic mass is 9.80. The van der Waals surface area contributed by atoms with Crippen LogP contribution in [-0.2, 0) is 0 Å². The van der Waals surface area contributed by atoms with Crippen LogP contribution in [0.3, 0.4) is 0 Å². The van der Waals surface area contributed by atoms with Crippen LogP contribution in [-0.4, -0.2) is 0 Å². The van der Waals surface area contributed by atoms with Crippen LogP contribution >= 0.6 is 0 Å². The summed E-state index contributed by atoms with van der Waals surface area (Å²) in [6, 6.07) is 74.9. The highest BCUT2D eigenvalue weighted by atomic mass is 16.3. The summed E-state index contributed by atoms with van der Waals surface area (Å²) in [5, 5.41) is 9.64. The molecule has 0 aliphatic heterocycles. The normalized spacial score (nSPS) is 11.6. The number of benzene rings is 10. The lowest BCUT2D eigenvalue weighted by Gasteiger charge is -2.23. The fourth-order valence-electron chi connectivity index (χ4n) is 8.82. The molecule has 0 fully saturated rings. The van der Waals surface area contributed by atoms with Crippen LogP contribution < -0.4 is 0 Å². The van der Waals surface area contributed by atoms with Gasteiger partial charge in [0.1, 0.15) is 11.2 Å². The number of furan rings is 1. The van der Waals surface area contributed by atoms with Crippen LogP contribution in [0.1, 0.15) is 0 Å². The minimum Gasteiger partial charge on any atom is -0.456 e. The predicted molar refractivity (Wildman–Crippen MR) is 233 cm³/mol. The molecular weight excluding hydrogens is 665 g/mol. The second kappa shape index (κ2) is 12.7. The van der Waals surface area contributed by atoms with Gasteiger partial charge in [0.05, 0.1) is 0 Å². The van der Waals surface area contributed by atoms with Crippen molar-refractivity contribution in [3.8, 4) is 55.6 Å². The average molecular weight is 699 g/mol. The summed E-state index contributed by atoms with van der Waals surface area (Å²) < 4.78 is 6.31. The van der Waals surface area contributed by atoms with Crippen molar-refractivity contribution in [2.75, 3.05) is 0 Å². The standard InChI is InChI=1S/C54H34O/c1-3-15-35(16-4-1)37-29-31-40-38(33-37)19-13-26-42(40)44-27-14-25-41(39-30-32-51-49(34-39)43-20-11-12-28-50(43)55-51)53(44)54-47-23-9-7-21-45(47)52(36-17-5-2-6-18-36)46-22-8-10-24-48(46)54/h1-34H. The van der Waals surface area contributed by atoms with Crippen LogP contribution in [0, 0.1) is 0 Å². The van der Waals surface area contributed by atoms with Crippen molar-refractivity contribution in [2.45, 2.75) is 0 Å². The van der Waals surface area contributed by atoms with Crippen molar-refractivity contribution >= 4 is 54.3 Å². The Morgan fingerprint density at radius 2 is 0.782 bits per heavy atom. The first kappa shape index (κ1) is 31.3. The molecule has 1 heteroatoms. The fourth-order valence-corrected chi connectivity index (χ4v) is 8.82. The minimum atomic E-state index is 0.897. The highest BCUT2D eigenvalue weighted by Gasteiger charge is 2.23. The molecule has 1 aromatic heterocycles. The highest BCUT2D eigenvalue weighted by Crippen LogP contribution is 2.50. The van der Waals surface area contributed by atoms with Gasteiger partial charge in [0.15, 0.2) is 0 Å². The van der Waals surface area contributed by atoms with Gasteiger partial charge in [-0.25, -0.2) is 0 Å². The van der Waals surface area contributed by atoms with Gasteiger partial charge in [-0.15, -0.1) is 0 Å². The summed E-state index contributed by atoms with van der Waals surface area (Å²) in [5.74, 6) is 0. The Morgan fingerprint density at radius 3 is 1.51 bits per heavy atom. The zero-order chi connectivity index (χ0) is 36.3. The van der Waals surface area contributed by atoms with Crippen molar-refractivity contribution in [1.82, 2.24) is 0 Å². The predicted octanol–water partition coefficient (Wildman–Crippen LogP) is 15.4. The van der Waals surface area contributed by atoms with Crippen molar-refractivity contribution in [2.24, 2.45) is 0 Å². The van der Waals surface area contributed by atoms with E-state index in [1.165, 1.54) is 82.4 Å². The van der Waals surface area contributed by atoms with Crippen LogP contribution in [0.5, 0.6) is 0 Å². The Kier molecular flexibility index (Phi) is 7.25. The van der Waals surface area contributed by atoms with Crippen LogP contribution in [0.15, 0.2) is 211 Å². The van der Waals surface area contributed by atoms with Gasteiger partial charge < -0.3 is 4.42 Å². The van der Waals surface area contributed by atoms with Gasteiger partial charge in [0.2, 0.25) is 0 Å². The van der Waals surface area contributed by atoms with Gasteiger partial charge in [-0.2, -0.15) is 0 Å². The number of fused-ring (bicyclic) bond motifs is 6. The van der Waals surface area contributed by atoms with E-state index in [1.807, 2.05) is 6.07 Å². The lowest BCUT2D eigenvalue weighted by Crippen LogP contribution is -1.96. The Hall–Kier alpha value is -7.22. The van der Waals surface area contributed by atoms with Crippen LogP contribution in [0.25, 0.3) is 110 Å². The molecule has 0 unspecified atom stereocenters. The van der Waals surface area contributed by atoms with E-state index in [0.717, 1.165) is 27.5 Å². The maximum Gasteiger partial charge on any atom is 0.135 e. The molecule has 1 nitrogen and oxygen atoms in total. The largest absolute Gasteiger partial charge is 0.456 e. The molecule has 10 aromatic carbocycles. The molecule has 0 N–H and O–H groups in total. The minimum absolute atomic E-state index is 0.897. The maximum atomic E-state index is 6.31. The van der Waals surface area contributed by atoms with E-state index in [9.17, 15) is 0 Å². The number of hydrogen-bond donors (Lipinski definition) is 0. The van der Waals surface area contributed by atoms with E-state index >= 15 is 0 Å². The first-order chi connectivity index (χ1) is 27.3. The zero-order valence-electron chi connectivity index (χ0n) is 30.0. The summed E-state index contributed by atoms with van der Waals surface area (Å²) in [5.41, 5.74) is 13.9. The number of rotatable bonds is 5.